The van der Waals surface area contributed by atoms with Gasteiger partial charge in [-0.3, -0.25) is 14.5 Å². The Bertz CT molecular complexity index is 481. The molecule has 24 heavy (non-hydrogen) atoms. The summed E-state index contributed by atoms with van der Waals surface area (Å²) in [6.07, 6.45) is 4.23. The normalized spacial score (nSPS) is 12.8. The average molecular weight is 336 g/mol. The molecule has 1 aromatic rings. The maximum atomic E-state index is 12.0. The highest BCUT2D eigenvalue weighted by atomic mass is 16.2. The highest BCUT2D eigenvalue weighted by molar-refractivity contribution is 5.81. The van der Waals surface area contributed by atoms with Crippen LogP contribution < -0.4 is 10.6 Å². The quantitative estimate of drug-likeness (QED) is 0.499. The van der Waals surface area contributed by atoms with Crippen LogP contribution in [0.3, 0.4) is 0 Å². The lowest BCUT2D eigenvalue weighted by molar-refractivity contribution is -0.130. The summed E-state index contributed by atoms with van der Waals surface area (Å²) in [6, 6.07) is 1.93. The van der Waals surface area contributed by atoms with E-state index in [1.165, 1.54) is 0 Å². The monoisotopic (exact) mass is 336 g/mol. The summed E-state index contributed by atoms with van der Waals surface area (Å²) in [6.45, 7) is 12.6. The Morgan fingerprint density at radius 3 is 2.62 bits per heavy atom. The Kier molecular flexibility index (Phi) is 9.56. The molecule has 1 unspecified atom stereocenters. The number of carbonyl (C=O) groups is 1. The SMILES string of the molecule is CCNC(=NCC(C)Cn1cccn1)NCCC(=O)N(CC)CC. The first kappa shape index (κ1) is 20.0. The van der Waals surface area contributed by atoms with Crippen LogP contribution in [0.2, 0.25) is 0 Å². The van der Waals surface area contributed by atoms with Gasteiger partial charge >= 0.3 is 0 Å². The fraction of sp³-hybridized carbons (Fsp3) is 0.706. The fourth-order valence-corrected chi connectivity index (χ4v) is 2.40. The van der Waals surface area contributed by atoms with Crippen molar-refractivity contribution < 1.29 is 4.79 Å². The molecule has 1 heterocycles. The predicted molar refractivity (Wildman–Crippen MR) is 97.9 cm³/mol. The van der Waals surface area contributed by atoms with Crippen LogP contribution in [0.5, 0.6) is 0 Å². The Labute approximate surface area is 145 Å². The largest absolute Gasteiger partial charge is 0.357 e. The summed E-state index contributed by atoms with van der Waals surface area (Å²) < 4.78 is 1.92. The molecule has 2 N–H and O–H groups in total. The number of aromatic nitrogens is 2. The van der Waals surface area contributed by atoms with Crippen molar-refractivity contribution in [3.8, 4) is 0 Å². The molecule has 0 saturated heterocycles. The number of aliphatic imine (C=N–C) groups is 1. The molecule has 0 saturated carbocycles. The molecule has 7 heteroatoms. The molecule has 0 fully saturated rings. The highest BCUT2D eigenvalue weighted by Crippen LogP contribution is 2.00. The van der Waals surface area contributed by atoms with E-state index >= 15 is 0 Å². The minimum absolute atomic E-state index is 0.176. The molecule has 1 aromatic heterocycles. The van der Waals surface area contributed by atoms with Gasteiger partial charge < -0.3 is 15.5 Å². The van der Waals surface area contributed by atoms with Crippen molar-refractivity contribution in [3.63, 3.8) is 0 Å². The Hall–Kier alpha value is -2.05. The van der Waals surface area contributed by atoms with Crippen molar-refractivity contribution in [3.05, 3.63) is 18.5 Å². The second-order valence-corrected chi connectivity index (χ2v) is 5.80. The number of hydrogen-bond acceptors (Lipinski definition) is 3. The van der Waals surface area contributed by atoms with Crippen LogP contribution in [0.4, 0.5) is 0 Å². The first-order valence-corrected chi connectivity index (χ1v) is 8.88. The summed E-state index contributed by atoms with van der Waals surface area (Å²) in [5.74, 6) is 1.32. The molecule has 1 atom stereocenters. The van der Waals surface area contributed by atoms with Crippen molar-refractivity contribution >= 4 is 11.9 Å². The average Bonchev–Trinajstić information content (AvgIpc) is 3.06. The van der Waals surface area contributed by atoms with Crippen LogP contribution in [-0.4, -0.2) is 59.3 Å². The topological polar surface area (TPSA) is 74.5 Å². The Balaban J connectivity index is 2.40. The zero-order chi connectivity index (χ0) is 17.8. The predicted octanol–water partition coefficient (Wildman–Crippen LogP) is 1.33. The lowest BCUT2D eigenvalue weighted by Crippen LogP contribution is -2.40. The molecule has 0 aromatic carbocycles. The Morgan fingerprint density at radius 2 is 2.04 bits per heavy atom. The molecule has 7 nitrogen and oxygen atoms in total. The molecule has 0 aliphatic carbocycles. The first-order valence-electron chi connectivity index (χ1n) is 8.88. The van der Waals surface area contributed by atoms with Crippen LogP contribution in [0.25, 0.3) is 0 Å². The van der Waals surface area contributed by atoms with Crippen molar-refractivity contribution in [2.45, 2.75) is 40.7 Å². The van der Waals surface area contributed by atoms with E-state index in [0.29, 0.717) is 25.4 Å². The summed E-state index contributed by atoms with van der Waals surface area (Å²) in [5.41, 5.74) is 0. The van der Waals surface area contributed by atoms with Gasteiger partial charge in [0, 0.05) is 58.1 Å². The third kappa shape index (κ3) is 7.48. The van der Waals surface area contributed by atoms with Gasteiger partial charge in [0.2, 0.25) is 5.91 Å². The molecule has 0 spiro atoms. The van der Waals surface area contributed by atoms with Gasteiger partial charge in [-0.05, 0) is 32.8 Å². The number of amides is 1. The smallest absolute Gasteiger partial charge is 0.224 e. The summed E-state index contributed by atoms with van der Waals surface area (Å²) in [4.78, 5) is 18.5. The summed E-state index contributed by atoms with van der Waals surface area (Å²) in [7, 11) is 0. The van der Waals surface area contributed by atoms with Crippen LogP contribution in [0.1, 0.15) is 34.1 Å². The number of hydrogen-bond donors (Lipinski definition) is 2. The standard InChI is InChI=1S/C17H32N6O/c1-5-18-17(19-11-9-16(24)22(6-2)7-3)20-13-15(4)14-23-12-8-10-21-23/h8,10,12,15H,5-7,9,11,13-14H2,1-4H3,(H2,18,19,20). The van der Waals surface area contributed by atoms with Crippen LogP contribution in [-0.2, 0) is 11.3 Å². The molecule has 136 valence electrons. The minimum atomic E-state index is 0.176. The molecule has 0 radical (unpaired) electrons. The maximum absolute atomic E-state index is 12.0. The maximum Gasteiger partial charge on any atom is 0.224 e. The van der Waals surface area contributed by atoms with E-state index in [2.05, 4.69) is 27.6 Å². The molecule has 0 aliphatic rings. The van der Waals surface area contributed by atoms with Gasteiger partial charge in [0.1, 0.15) is 0 Å². The molecule has 1 rings (SSSR count). The Morgan fingerprint density at radius 1 is 1.29 bits per heavy atom. The molecule has 0 aliphatic heterocycles. The summed E-state index contributed by atoms with van der Waals surface area (Å²) >= 11 is 0. The van der Waals surface area contributed by atoms with E-state index < -0.39 is 0 Å². The van der Waals surface area contributed by atoms with Crippen molar-refractivity contribution in [2.75, 3.05) is 32.7 Å². The number of nitrogens with zero attached hydrogens (tertiary/aromatic N) is 4. The van der Waals surface area contributed by atoms with E-state index in [4.69, 9.17) is 0 Å². The van der Waals surface area contributed by atoms with Gasteiger partial charge in [-0.1, -0.05) is 6.92 Å². The van der Waals surface area contributed by atoms with Crippen molar-refractivity contribution in [1.82, 2.24) is 25.3 Å². The van der Waals surface area contributed by atoms with Gasteiger partial charge in [-0.2, -0.15) is 5.10 Å². The number of carbonyl (C=O) groups excluding carboxylic acids is 1. The lowest BCUT2D eigenvalue weighted by atomic mass is 10.2. The highest BCUT2D eigenvalue weighted by Gasteiger charge is 2.09. The third-order valence-corrected chi connectivity index (χ3v) is 3.71. The van der Waals surface area contributed by atoms with Crippen LogP contribution in [0.15, 0.2) is 23.5 Å². The lowest BCUT2D eigenvalue weighted by Gasteiger charge is -2.19. The van der Waals surface area contributed by atoms with Crippen LogP contribution in [0, 0.1) is 5.92 Å². The minimum Gasteiger partial charge on any atom is -0.357 e. The van der Waals surface area contributed by atoms with Crippen LogP contribution >= 0.6 is 0 Å². The summed E-state index contributed by atoms with van der Waals surface area (Å²) in [5, 5.41) is 10.7. The van der Waals surface area contributed by atoms with E-state index in [9.17, 15) is 4.79 Å². The molecular weight excluding hydrogens is 304 g/mol. The van der Waals surface area contributed by atoms with Crippen molar-refractivity contribution in [2.24, 2.45) is 10.9 Å². The van der Waals surface area contributed by atoms with E-state index in [1.807, 2.05) is 42.6 Å². The van der Waals surface area contributed by atoms with Crippen molar-refractivity contribution in [1.29, 1.82) is 0 Å². The van der Waals surface area contributed by atoms with Gasteiger partial charge in [0.15, 0.2) is 5.96 Å². The molecule has 0 bridgehead atoms. The van der Waals surface area contributed by atoms with Gasteiger partial charge in [-0.15, -0.1) is 0 Å². The van der Waals surface area contributed by atoms with E-state index in [-0.39, 0.29) is 5.91 Å². The third-order valence-electron chi connectivity index (χ3n) is 3.71. The zero-order valence-corrected chi connectivity index (χ0v) is 15.5. The van der Waals surface area contributed by atoms with Gasteiger partial charge in [0.05, 0.1) is 0 Å². The zero-order valence-electron chi connectivity index (χ0n) is 15.5. The molecule has 1 amide bonds. The first-order chi connectivity index (χ1) is 11.6. The fourth-order valence-electron chi connectivity index (χ4n) is 2.40. The second kappa shape index (κ2) is 11.5. The van der Waals surface area contributed by atoms with Gasteiger partial charge in [-0.25, -0.2) is 0 Å². The van der Waals surface area contributed by atoms with E-state index in [0.717, 1.165) is 32.1 Å². The second-order valence-electron chi connectivity index (χ2n) is 5.80. The number of rotatable bonds is 10. The molecular formula is C17H32N6O. The number of nitrogens with one attached hydrogen (secondary N) is 2. The number of guanidine groups is 1. The van der Waals surface area contributed by atoms with E-state index in [1.54, 1.807) is 6.20 Å². The van der Waals surface area contributed by atoms with Gasteiger partial charge in [0.25, 0.3) is 0 Å².